The molecule has 2 aliphatic carbocycles. The number of hydrogen-bond acceptors (Lipinski definition) is 3. The number of carbonyl (C=O) groups is 1. The summed E-state index contributed by atoms with van der Waals surface area (Å²) in [4.78, 5) is 12.4. The van der Waals surface area contributed by atoms with Gasteiger partial charge in [0, 0.05) is 6.04 Å². The van der Waals surface area contributed by atoms with E-state index in [1.807, 2.05) is 24.3 Å². The summed E-state index contributed by atoms with van der Waals surface area (Å²) in [5, 5.41) is 2.97. The molecule has 2 saturated carbocycles. The van der Waals surface area contributed by atoms with Crippen molar-refractivity contribution < 1.29 is 9.53 Å². The molecule has 4 heteroatoms. The molecule has 0 aliphatic heterocycles. The fraction of sp³-hybridized carbons (Fsp3) is 0.533. The van der Waals surface area contributed by atoms with Gasteiger partial charge in [0.1, 0.15) is 5.75 Å². The average Bonchev–Trinajstić information content (AvgIpc) is 3.00. The lowest BCUT2D eigenvalue weighted by Gasteiger charge is -2.27. The van der Waals surface area contributed by atoms with Crippen LogP contribution >= 0.6 is 0 Å². The topological polar surface area (TPSA) is 64.3 Å². The number of anilines is 1. The number of ether oxygens (including phenoxy) is 1. The average molecular weight is 260 g/mol. The van der Waals surface area contributed by atoms with E-state index in [1.165, 1.54) is 6.42 Å². The third-order valence-corrected chi connectivity index (χ3v) is 4.65. The maximum Gasteiger partial charge on any atom is 0.229 e. The third-order valence-electron chi connectivity index (χ3n) is 4.65. The number of benzene rings is 1. The van der Waals surface area contributed by atoms with Crippen LogP contribution in [0.25, 0.3) is 0 Å². The molecule has 3 N–H and O–H groups in total. The van der Waals surface area contributed by atoms with Gasteiger partial charge >= 0.3 is 0 Å². The Morgan fingerprint density at radius 2 is 2.05 bits per heavy atom. The van der Waals surface area contributed by atoms with E-state index in [9.17, 15) is 4.79 Å². The molecule has 2 aliphatic rings. The highest BCUT2D eigenvalue weighted by Gasteiger charge is 2.49. The zero-order chi connectivity index (χ0) is 13.4. The van der Waals surface area contributed by atoms with Crippen molar-refractivity contribution in [2.45, 2.75) is 25.3 Å². The maximum absolute atomic E-state index is 12.4. The first-order chi connectivity index (χ1) is 9.20. The molecule has 3 rings (SSSR count). The van der Waals surface area contributed by atoms with Crippen LogP contribution in [0.1, 0.15) is 19.3 Å². The number of rotatable bonds is 3. The number of methoxy groups -OCH3 is 1. The fourth-order valence-electron chi connectivity index (χ4n) is 3.69. The Balaban J connectivity index is 1.75. The second-order valence-electron chi connectivity index (χ2n) is 5.63. The van der Waals surface area contributed by atoms with Crippen LogP contribution in [0, 0.1) is 17.8 Å². The molecule has 102 valence electrons. The molecule has 1 aromatic carbocycles. The third kappa shape index (κ3) is 2.10. The summed E-state index contributed by atoms with van der Waals surface area (Å²) in [5.74, 6) is 1.70. The predicted molar refractivity (Wildman–Crippen MR) is 73.9 cm³/mol. The molecule has 19 heavy (non-hydrogen) atoms. The van der Waals surface area contributed by atoms with Gasteiger partial charge in [0.2, 0.25) is 5.91 Å². The minimum atomic E-state index is -0.0383. The molecule has 2 fully saturated rings. The highest BCUT2D eigenvalue weighted by molar-refractivity contribution is 5.95. The lowest BCUT2D eigenvalue weighted by atomic mass is 9.84. The molecule has 1 amide bonds. The van der Waals surface area contributed by atoms with Gasteiger partial charge in [-0.2, -0.15) is 0 Å². The van der Waals surface area contributed by atoms with Crippen LogP contribution in [-0.2, 0) is 4.79 Å². The number of nitrogens with two attached hydrogens (primary N) is 1. The minimum absolute atomic E-state index is 0.0217. The molecular formula is C15H20N2O2. The first-order valence-corrected chi connectivity index (χ1v) is 6.90. The minimum Gasteiger partial charge on any atom is -0.495 e. The summed E-state index contributed by atoms with van der Waals surface area (Å²) in [6.45, 7) is 0. The smallest absolute Gasteiger partial charge is 0.229 e. The molecule has 0 radical (unpaired) electrons. The Bertz CT molecular complexity index is 487. The van der Waals surface area contributed by atoms with E-state index in [0.29, 0.717) is 17.6 Å². The lowest BCUT2D eigenvalue weighted by Crippen LogP contribution is -2.42. The molecule has 1 aromatic rings. The van der Waals surface area contributed by atoms with E-state index in [1.54, 1.807) is 7.11 Å². The van der Waals surface area contributed by atoms with Gasteiger partial charge in [0.05, 0.1) is 18.7 Å². The van der Waals surface area contributed by atoms with Crippen LogP contribution in [0.15, 0.2) is 24.3 Å². The van der Waals surface area contributed by atoms with Crippen molar-refractivity contribution in [3.05, 3.63) is 24.3 Å². The van der Waals surface area contributed by atoms with Gasteiger partial charge in [-0.1, -0.05) is 12.1 Å². The van der Waals surface area contributed by atoms with Gasteiger partial charge < -0.3 is 15.8 Å². The van der Waals surface area contributed by atoms with E-state index >= 15 is 0 Å². The van der Waals surface area contributed by atoms with Crippen LogP contribution in [-0.4, -0.2) is 19.1 Å². The van der Waals surface area contributed by atoms with Crippen molar-refractivity contribution in [2.75, 3.05) is 12.4 Å². The van der Waals surface area contributed by atoms with E-state index in [4.69, 9.17) is 10.5 Å². The summed E-state index contributed by atoms with van der Waals surface area (Å²) in [5.41, 5.74) is 6.92. The molecule has 4 unspecified atom stereocenters. The van der Waals surface area contributed by atoms with Crippen molar-refractivity contribution in [3.63, 3.8) is 0 Å². The largest absolute Gasteiger partial charge is 0.495 e. The second kappa shape index (κ2) is 4.85. The predicted octanol–water partition coefficient (Wildman–Crippen LogP) is 2.01. The Morgan fingerprint density at radius 3 is 2.74 bits per heavy atom. The van der Waals surface area contributed by atoms with Gasteiger partial charge in [-0.05, 0) is 43.2 Å². The number of carbonyl (C=O) groups excluding carboxylic acids is 1. The fourth-order valence-corrected chi connectivity index (χ4v) is 3.69. The van der Waals surface area contributed by atoms with E-state index < -0.39 is 0 Å². The molecule has 0 heterocycles. The van der Waals surface area contributed by atoms with Crippen molar-refractivity contribution in [1.29, 1.82) is 0 Å². The zero-order valence-corrected chi connectivity index (χ0v) is 11.1. The Labute approximate surface area is 113 Å². The molecule has 4 atom stereocenters. The molecule has 4 nitrogen and oxygen atoms in total. The van der Waals surface area contributed by atoms with Crippen LogP contribution in [0.2, 0.25) is 0 Å². The molecular weight excluding hydrogens is 240 g/mol. The van der Waals surface area contributed by atoms with Crippen LogP contribution < -0.4 is 15.8 Å². The van der Waals surface area contributed by atoms with Crippen LogP contribution in [0.4, 0.5) is 5.69 Å². The van der Waals surface area contributed by atoms with Crippen LogP contribution in [0.3, 0.4) is 0 Å². The van der Waals surface area contributed by atoms with E-state index in [2.05, 4.69) is 5.32 Å². The normalized spacial score (nSPS) is 32.3. The van der Waals surface area contributed by atoms with Gasteiger partial charge in [-0.25, -0.2) is 0 Å². The monoisotopic (exact) mass is 260 g/mol. The summed E-state index contributed by atoms with van der Waals surface area (Å²) in [6.07, 6.45) is 3.44. The van der Waals surface area contributed by atoms with Gasteiger partial charge in [0.15, 0.2) is 0 Å². The van der Waals surface area contributed by atoms with Crippen molar-refractivity contribution in [1.82, 2.24) is 0 Å². The van der Waals surface area contributed by atoms with Crippen molar-refractivity contribution >= 4 is 11.6 Å². The van der Waals surface area contributed by atoms with Gasteiger partial charge in [-0.3, -0.25) is 4.79 Å². The number of para-hydroxylation sites is 2. The van der Waals surface area contributed by atoms with Crippen molar-refractivity contribution in [2.24, 2.45) is 23.5 Å². The first-order valence-electron chi connectivity index (χ1n) is 6.90. The summed E-state index contributed by atoms with van der Waals surface area (Å²) < 4.78 is 5.25. The quantitative estimate of drug-likeness (QED) is 0.873. The highest BCUT2D eigenvalue weighted by atomic mass is 16.5. The molecule has 0 aromatic heterocycles. The highest BCUT2D eigenvalue weighted by Crippen LogP contribution is 2.48. The standard InChI is InChI=1S/C15H20N2O2/c1-19-12-5-3-2-4-11(12)17-15(18)13-9-6-7-10(8-9)14(13)16/h2-5,9-10,13-14H,6-8,16H2,1H3,(H,17,18). The number of nitrogens with one attached hydrogen (secondary N) is 1. The maximum atomic E-state index is 12.4. The first kappa shape index (κ1) is 12.5. The van der Waals surface area contributed by atoms with Crippen LogP contribution in [0.5, 0.6) is 5.75 Å². The van der Waals surface area contributed by atoms with E-state index in [0.717, 1.165) is 18.5 Å². The molecule has 0 saturated heterocycles. The number of amides is 1. The summed E-state index contributed by atoms with van der Waals surface area (Å²) >= 11 is 0. The Kier molecular flexibility index (Phi) is 3.19. The molecule has 2 bridgehead atoms. The number of hydrogen-bond donors (Lipinski definition) is 2. The van der Waals surface area contributed by atoms with Crippen molar-refractivity contribution in [3.8, 4) is 5.75 Å². The SMILES string of the molecule is COc1ccccc1NC(=O)C1C2CCC(C2)C1N. The van der Waals surface area contributed by atoms with Gasteiger partial charge in [-0.15, -0.1) is 0 Å². The Hall–Kier alpha value is -1.55. The summed E-state index contributed by atoms with van der Waals surface area (Å²) in [7, 11) is 1.61. The molecule has 0 spiro atoms. The number of fused-ring (bicyclic) bond motifs is 2. The lowest BCUT2D eigenvalue weighted by molar-refractivity contribution is -0.121. The summed E-state index contributed by atoms with van der Waals surface area (Å²) in [6, 6.07) is 7.50. The Morgan fingerprint density at radius 1 is 1.32 bits per heavy atom. The van der Waals surface area contributed by atoms with E-state index in [-0.39, 0.29) is 17.9 Å². The second-order valence-corrected chi connectivity index (χ2v) is 5.63. The van der Waals surface area contributed by atoms with Gasteiger partial charge in [0.25, 0.3) is 0 Å². The zero-order valence-electron chi connectivity index (χ0n) is 11.1.